The van der Waals surface area contributed by atoms with E-state index >= 15 is 0 Å². The van der Waals surface area contributed by atoms with Crippen molar-refractivity contribution in [1.82, 2.24) is 5.32 Å². The first-order chi connectivity index (χ1) is 7.62. The van der Waals surface area contributed by atoms with Crippen LogP contribution in [0.1, 0.15) is 36.0 Å². The summed E-state index contributed by atoms with van der Waals surface area (Å²) in [6.45, 7) is 6.78. The summed E-state index contributed by atoms with van der Waals surface area (Å²) in [6, 6.07) is 4.47. The second-order valence-corrected chi connectivity index (χ2v) is 5.98. The van der Waals surface area contributed by atoms with Gasteiger partial charge in [-0.1, -0.05) is 30.7 Å². The zero-order valence-electron chi connectivity index (χ0n) is 10.3. The lowest BCUT2D eigenvalue weighted by molar-refractivity contribution is 0.277. The highest BCUT2D eigenvalue weighted by Crippen LogP contribution is 2.49. The van der Waals surface area contributed by atoms with E-state index in [0.29, 0.717) is 11.3 Å². The molecule has 3 heteroatoms. The number of aryl methyl sites for hydroxylation is 1. The molecular weight excluding hydrogens is 253 g/mol. The second kappa shape index (κ2) is 4.46. The van der Waals surface area contributed by atoms with E-state index in [4.69, 9.17) is 11.6 Å². The summed E-state index contributed by atoms with van der Waals surface area (Å²) >= 11 is 6.43. The van der Waals surface area contributed by atoms with Crippen molar-refractivity contribution in [1.29, 1.82) is 0 Å². The SMILES string of the molecule is Cc1ccc2c(c1Cl)CCC1(C)CNCC21.Cl. The van der Waals surface area contributed by atoms with Crippen LogP contribution in [-0.4, -0.2) is 13.1 Å². The number of halogens is 2. The van der Waals surface area contributed by atoms with Crippen LogP contribution in [0.5, 0.6) is 0 Å². The third-order valence-corrected chi connectivity index (χ3v) is 5.04. The predicted molar refractivity (Wildman–Crippen MR) is 75.5 cm³/mol. The normalized spacial score (nSPS) is 30.4. The first kappa shape index (κ1) is 13.2. The smallest absolute Gasteiger partial charge is 0.0470 e. The minimum Gasteiger partial charge on any atom is -0.316 e. The van der Waals surface area contributed by atoms with Crippen molar-refractivity contribution in [2.24, 2.45) is 5.41 Å². The van der Waals surface area contributed by atoms with E-state index in [1.54, 1.807) is 0 Å². The Morgan fingerprint density at radius 1 is 1.41 bits per heavy atom. The van der Waals surface area contributed by atoms with E-state index in [1.165, 1.54) is 23.1 Å². The van der Waals surface area contributed by atoms with Gasteiger partial charge < -0.3 is 5.32 Å². The molecule has 94 valence electrons. The molecule has 0 spiro atoms. The lowest BCUT2D eigenvalue weighted by atomic mass is 9.67. The average molecular weight is 272 g/mol. The van der Waals surface area contributed by atoms with Crippen molar-refractivity contribution >= 4 is 24.0 Å². The van der Waals surface area contributed by atoms with Crippen LogP contribution < -0.4 is 5.32 Å². The summed E-state index contributed by atoms with van der Waals surface area (Å²) in [5, 5.41) is 4.54. The molecule has 0 bridgehead atoms. The van der Waals surface area contributed by atoms with Crippen molar-refractivity contribution in [3.05, 3.63) is 33.8 Å². The van der Waals surface area contributed by atoms with Gasteiger partial charge in [-0.2, -0.15) is 0 Å². The molecule has 1 aliphatic carbocycles. The Hall–Kier alpha value is -0.240. The van der Waals surface area contributed by atoms with E-state index in [9.17, 15) is 0 Å². The Morgan fingerprint density at radius 3 is 2.94 bits per heavy atom. The summed E-state index contributed by atoms with van der Waals surface area (Å²) in [4.78, 5) is 0. The van der Waals surface area contributed by atoms with Crippen molar-refractivity contribution < 1.29 is 0 Å². The quantitative estimate of drug-likeness (QED) is 0.759. The highest BCUT2D eigenvalue weighted by Gasteiger charge is 2.43. The Labute approximate surface area is 114 Å². The van der Waals surface area contributed by atoms with E-state index in [-0.39, 0.29) is 12.4 Å². The minimum absolute atomic E-state index is 0. The van der Waals surface area contributed by atoms with Crippen molar-refractivity contribution in [2.45, 2.75) is 32.6 Å². The number of fused-ring (bicyclic) bond motifs is 3. The first-order valence-corrected chi connectivity index (χ1v) is 6.48. The van der Waals surface area contributed by atoms with Gasteiger partial charge in [0.05, 0.1) is 0 Å². The van der Waals surface area contributed by atoms with Gasteiger partial charge in [0, 0.05) is 24.0 Å². The molecule has 2 aliphatic rings. The number of hydrogen-bond acceptors (Lipinski definition) is 1. The fourth-order valence-corrected chi connectivity index (χ4v) is 3.63. The highest BCUT2D eigenvalue weighted by atomic mass is 35.5. The van der Waals surface area contributed by atoms with Crippen LogP contribution in [0.3, 0.4) is 0 Å². The Bertz CT molecular complexity index is 444. The number of rotatable bonds is 0. The van der Waals surface area contributed by atoms with Gasteiger partial charge in [0.2, 0.25) is 0 Å². The number of benzene rings is 1. The monoisotopic (exact) mass is 271 g/mol. The molecule has 0 radical (unpaired) electrons. The molecule has 1 aliphatic heterocycles. The average Bonchev–Trinajstić information content (AvgIpc) is 2.65. The molecule has 17 heavy (non-hydrogen) atoms. The third-order valence-electron chi connectivity index (χ3n) is 4.51. The predicted octanol–water partition coefficient (Wildman–Crippen LogP) is 3.71. The van der Waals surface area contributed by atoms with Gasteiger partial charge in [0.1, 0.15) is 0 Å². The van der Waals surface area contributed by atoms with Crippen LogP contribution in [-0.2, 0) is 6.42 Å². The van der Waals surface area contributed by atoms with Gasteiger partial charge in [0.25, 0.3) is 0 Å². The Morgan fingerprint density at radius 2 is 2.18 bits per heavy atom. The lowest BCUT2D eigenvalue weighted by Gasteiger charge is -2.37. The molecule has 1 aromatic carbocycles. The fraction of sp³-hybridized carbons (Fsp3) is 0.571. The number of nitrogens with one attached hydrogen (secondary N) is 1. The van der Waals surface area contributed by atoms with Gasteiger partial charge in [-0.25, -0.2) is 0 Å². The largest absolute Gasteiger partial charge is 0.316 e. The van der Waals surface area contributed by atoms with Crippen LogP contribution in [0.4, 0.5) is 0 Å². The van der Waals surface area contributed by atoms with Gasteiger partial charge in [-0.3, -0.25) is 0 Å². The van der Waals surface area contributed by atoms with Crippen LogP contribution in [0.2, 0.25) is 5.02 Å². The zero-order valence-corrected chi connectivity index (χ0v) is 11.9. The zero-order chi connectivity index (χ0) is 11.3. The van der Waals surface area contributed by atoms with Gasteiger partial charge >= 0.3 is 0 Å². The summed E-state index contributed by atoms with van der Waals surface area (Å²) < 4.78 is 0. The topological polar surface area (TPSA) is 12.0 Å². The molecule has 1 saturated heterocycles. The molecule has 2 unspecified atom stereocenters. The van der Waals surface area contributed by atoms with Crippen molar-refractivity contribution in [3.8, 4) is 0 Å². The summed E-state index contributed by atoms with van der Waals surface area (Å²) in [5.41, 5.74) is 4.57. The molecule has 1 aromatic rings. The van der Waals surface area contributed by atoms with Crippen molar-refractivity contribution in [2.75, 3.05) is 13.1 Å². The lowest BCUT2D eigenvalue weighted by Crippen LogP contribution is -2.30. The molecule has 1 fully saturated rings. The van der Waals surface area contributed by atoms with Crippen molar-refractivity contribution in [3.63, 3.8) is 0 Å². The summed E-state index contributed by atoms with van der Waals surface area (Å²) in [7, 11) is 0. The highest BCUT2D eigenvalue weighted by molar-refractivity contribution is 6.32. The van der Waals surface area contributed by atoms with Crippen LogP contribution in [0, 0.1) is 12.3 Å². The molecule has 0 amide bonds. The molecule has 3 rings (SSSR count). The number of hydrogen-bond donors (Lipinski definition) is 1. The maximum atomic E-state index is 6.43. The van der Waals surface area contributed by atoms with Crippen LogP contribution >= 0.6 is 24.0 Å². The maximum Gasteiger partial charge on any atom is 0.0470 e. The van der Waals surface area contributed by atoms with Gasteiger partial charge in [0.15, 0.2) is 0 Å². The van der Waals surface area contributed by atoms with Crippen LogP contribution in [0.25, 0.3) is 0 Å². The summed E-state index contributed by atoms with van der Waals surface area (Å²) in [6.07, 6.45) is 2.41. The van der Waals surface area contributed by atoms with E-state index in [2.05, 4.69) is 31.3 Å². The maximum absolute atomic E-state index is 6.43. The molecule has 1 N–H and O–H groups in total. The molecule has 1 heterocycles. The second-order valence-electron chi connectivity index (χ2n) is 5.60. The minimum atomic E-state index is 0. The first-order valence-electron chi connectivity index (χ1n) is 6.10. The Balaban J connectivity index is 0.00000108. The molecular formula is C14H19Cl2N. The molecule has 0 aromatic heterocycles. The molecule has 1 nitrogen and oxygen atoms in total. The van der Waals surface area contributed by atoms with Crippen LogP contribution in [0.15, 0.2) is 12.1 Å². The van der Waals surface area contributed by atoms with Gasteiger partial charge in [-0.15, -0.1) is 12.4 Å². The third kappa shape index (κ3) is 1.89. The molecule has 0 saturated carbocycles. The van der Waals surface area contributed by atoms with Gasteiger partial charge in [-0.05, 0) is 41.9 Å². The Kier molecular flexibility index (Phi) is 3.46. The fourth-order valence-electron chi connectivity index (χ4n) is 3.36. The molecule has 2 atom stereocenters. The standard InChI is InChI=1S/C14H18ClN.ClH/c1-9-3-4-10-11(13(9)15)5-6-14(2)8-16-7-12(10)14;/h3-4,12,16H,5-8H2,1-2H3;1H. The van der Waals surface area contributed by atoms with E-state index < -0.39 is 0 Å². The summed E-state index contributed by atoms with van der Waals surface area (Å²) in [5.74, 6) is 0.661. The van der Waals surface area contributed by atoms with E-state index in [1.807, 2.05) is 0 Å². The van der Waals surface area contributed by atoms with E-state index in [0.717, 1.165) is 24.5 Å².